The fourth-order valence-electron chi connectivity index (χ4n) is 1.33. The number of hydrogen-bond donors (Lipinski definition) is 3. The zero-order chi connectivity index (χ0) is 12.2. The Labute approximate surface area is 99.4 Å². The van der Waals surface area contributed by atoms with Crippen LogP contribution in [-0.4, -0.2) is 40.2 Å². The first kappa shape index (κ1) is 13.2. The lowest BCUT2D eigenvalue weighted by atomic mass is 10.3. The van der Waals surface area contributed by atoms with Crippen LogP contribution in [0.1, 0.15) is 26.7 Å². The second kappa shape index (κ2) is 5.43. The maximum absolute atomic E-state index is 11.5. The molecular weight excluding hydrogens is 228 g/mol. The summed E-state index contributed by atoms with van der Waals surface area (Å²) in [7, 11) is 0. The number of hydrogen-bond acceptors (Lipinski definition) is 3. The lowest BCUT2D eigenvalue weighted by molar-refractivity contribution is -0.140. The number of carboxylic acid groups (broad SMARTS) is 1. The van der Waals surface area contributed by atoms with Gasteiger partial charge in [-0.2, -0.15) is 11.8 Å². The van der Waals surface area contributed by atoms with E-state index in [1.54, 1.807) is 11.8 Å². The first-order chi connectivity index (χ1) is 7.50. The van der Waals surface area contributed by atoms with Gasteiger partial charge in [-0.1, -0.05) is 6.92 Å². The van der Waals surface area contributed by atoms with E-state index in [9.17, 15) is 9.59 Å². The number of amides is 2. The highest BCUT2D eigenvalue weighted by Gasteiger charge is 2.51. The van der Waals surface area contributed by atoms with E-state index in [1.807, 2.05) is 6.92 Å². The summed E-state index contributed by atoms with van der Waals surface area (Å²) in [6, 6.07) is -0.335. The van der Waals surface area contributed by atoms with Gasteiger partial charge in [0.1, 0.15) is 5.54 Å². The molecule has 0 saturated heterocycles. The second-order valence-electron chi connectivity index (χ2n) is 4.05. The van der Waals surface area contributed by atoms with Crippen molar-refractivity contribution in [3.63, 3.8) is 0 Å². The summed E-state index contributed by atoms with van der Waals surface area (Å²) in [4.78, 5) is 22.3. The molecule has 92 valence electrons. The van der Waals surface area contributed by atoms with Crippen LogP contribution in [0.2, 0.25) is 0 Å². The summed E-state index contributed by atoms with van der Waals surface area (Å²) >= 11 is 1.74. The molecule has 3 N–H and O–H groups in total. The van der Waals surface area contributed by atoms with Crippen LogP contribution < -0.4 is 10.6 Å². The predicted molar refractivity (Wildman–Crippen MR) is 63.7 cm³/mol. The van der Waals surface area contributed by atoms with Crippen molar-refractivity contribution in [1.82, 2.24) is 10.6 Å². The normalized spacial score (nSPS) is 18.6. The predicted octanol–water partition coefficient (Wildman–Crippen LogP) is 1.04. The summed E-state index contributed by atoms with van der Waals surface area (Å²) in [6.07, 6.45) is 1.04. The largest absolute Gasteiger partial charge is 0.480 e. The van der Waals surface area contributed by atoms with Gasteiger partial charge in [-0.3, -0.25) is 0 Å². The third kappa shape index (κ3) is 3.59. The molecule has 0 aromatic rings. The fourth-order valence-corrected chi connectivity index (χ4v) is 2.00. The second-order valence-corrected chi connectivity index (χ2v) is 5.37. The Morgan fingerprint density at radius 1 is 1.50 bits per heavy atom. The van der Waals surface area contributed by atoms with Gasteiger partial charge in [0.25, 0.3) is 0 Å². The van der Waals surface area contributed by atoms with Crippen LogP contribution in [0.15, 0.2) is 0 Å². The van der Waals surface area contributed by atoms with Crippen LogP contribution >= 0.6 is 11.8 Å². The summed E-state index contributed by atoms with van der Waals surface area (Å²) in [6.45, 7) is 3.96. The van der Waals surface area contributed by atoms with Crippen molar-refractivity contribution in [3.8, 4) is 0 Å². The molecule has 0 aromatic carbocycles. The van der Waals surface area contributed by atoms with E-state index in [4.69, 9.17) is 5.11 Å². The monoisotopic (exact) mass is 246 g/mol. The highest BCUT2D eigenvalue weighted by atomic mass is 32.2. The maximum Gasteiger partial charge on any atom is 0.329 e. The molecule has 0 aromatic heterocycles. The van der Waals surface area contributed by atoms with Crippen LogP contribution in [0, 0.1) is 0 Å². The van der Waals surface area contributed by atoms with Crippen LogP contribution in [-0.2, 0) is 4.79 Å². The highest BCUT2D eigenvalue weighted by Crippen LogP contribution is 2.35. The Hall–Kier alpha value is -0.910. The smallest absolute Gasteiger partial charge is 0.329 e. The summed E-state index contributed by atoms with van der Waals surface area (Å²) in [5, 5.41) is 14.1. The van der Waals surface area contributed by atoms with E-state index in [0.29, 0.717) is 12.8 Å². The Kier molecular flexibility index (Phi) is 4.46. The van der Waals surface area contributed by atoms with Crippen molar-refractivity contribution in [2.45, 2.75) is 38.3 Å². The minimum Gasteiger partial charge on any atom is -0.480 e. The van der Waals surface area contributed by atoms with Crippen LogP contribution in [0.25, 0.3) is 0 Å². The molecule has 16 heavy (non-hydrogen) atoms. The number of rotatable bonds is 6. The summed E-state index contributed by atoms with van der Waals surface area (Å²) < 4.78 is 0. The average Bonchev–Trinajstić information content (AvgIpc) is 2.95. The van der Waals surface area contributed by atoms with Gasteiger partial charge in [0.2, 0.25) is 0 Å². The summed E-state index contributed by atoms with van der Waals surface area (Å²) in [5.41, 5.74) is -0.998. The molecule has 6 heteroatoms. The van der Waals surface area contributed by atoms with Crippen LogP contribution in [0.3, 0.4) is 0 Å². The number of urea groups is 1. The van der Waals surface area contributed by atoms with E-state index >= 15 is 0 Å². The molecule has 1 aliphatic carbocycles. The van der Waals surface area contributed by atoms with Gasteiger partial charge in [-0.15, -0.1) is 0 Å². The quantitative estimate of drug-likeness (QED) is 0.654. The van der Waals surface area contributed by atoms with Gasteiger partial charge in [0, 0.05) is 11.8 Å². The van der Waals surface area contributed by atoms with E-state index in [0.717, 1.165) is 11.5 Å². The zero-order valence-electron chi connectivity index (χ0n) is 9.58. The molecule has 1 rings (SSSR count). The minimum absolute atomic E-state index is 0.0505. The van der Waals surface area contributed by atoms with E-state index in [-0.39, 0.29) is 12.1 Å². The standard InChI is InChI=1S/C10H18N2O3S/c1-3-16-6-7(2)11-9(15)12-10(4-5-10)8(13)14/h7H,3-6H2,1-2H3,(H,13,14)(H2,11,12,15). The van der Waals surface area contributed by atoms with Crippen molar-refractivity contribution < 1.29 is 14.7 Å². The third-order valence-electron chi connectivity index (χ3n) is 2.46. The first-order valence-corrected chi connectivity index (χ1v) is 6.55. The molecule has 1 unspecified atom stereocenters. The number of nitrogens with one attached hydrogen (secondary N) is 2. The molecule has 0 spiro atoms. The van der Waals surface area contributed by atoms with Crippen molar-refractivity contribution in [2.75, 3.05) is 11.5 Å². The molecule has 2 amide bonds. The molecule has 1 fully saturated rings. The Balaban J connectivity index is 2.28. The fraction of sp³-hybridized carbons (Fsp3) is 0.800. The lowest BCUT2D eigenvalue weighted by Crippen LogP contribution is -2.50. The summed E-state index contributed by atoms with van der Waals surface area (Å²) in [5.74, 6) is 0.898. The number of carbonyl (C=O) groups excluding carboxylic acids is 1. The minimum atomic E-state index is -0.998. The maximum atomic E-state index is 11.5. The van der Waals surface area contributed by atoms with Gasteiger partial charge in [0.05, 0.1) is 0 Å². The van der Waals surface area contributed by atoms with Gasteiger partial charge in [-0.05, 0) is 25.5 Å². The number of carboxylic acids is 1. The Morgan fingerprint density at radius 2 is 2.12 bits per heavy atom. The van der Waals surface area contributed by atoms with E-state index < -0.39 is 11.5 Å². The molecule has 0 heterocycles. The SMILES string of the molecule is CCSCC(C)NC(=O)NC1(C(=O)O)CC1. The Bertz CT molecular complexity index is 279. The molecule has 1 atom stereocenters. The number of carbonyl (C=O) groups is 2. The van der Waals surface area contributed by atoms with Crippen molar-refractivity contribution in [1.29, 1.82) is 0 Å². The van der Waals surface area contributed by atoms with Gasteiger partial charge >= 0.3 is 12.0 Å². The van der Waals surface area contributed by atoms with Crippen molar-refractivity contribution in [3.05, 3.63) is 0 Å². The number of aliphatic carboxylic acids is 1. The zero-order valence-corrected chi connectivity index (χ0v) is 10.4. The topological polar surface area (TPSA) is 78.4 Å². The molecule has 0 aliphatic heterocycles. The third-order valence-corrected chi connectivity index (χ3v) is 3.61. The lowest BCUT2D eigenvalue weighted by Gasteiger charge is -2.17. The van der Waals surface area contributed by atoms with E-state index in [1.165, 1.54) is 0 Å². The van der Waals surface area contributed by atoms with Crippen LogP contribution in [0.5, 0.6) is 0 Å². The Morgan fingerprint density at radius 3 is 2.56 bits per heavy atom. The van der Waals surface area contributed by atoms with Crippen molar-refractivity contribution >= 4 is 23.8 Å². The molecule has 1 aliphatic rings. The van der Waals surface area contributed by atoms with E-state index in [2.05, 4.69) is 17.6 Å². The van der Waals surface area contributed by atoms with Gasteiger partial charge in [0.15, 0.2) is 0 Å². The van der Waals surface area contributed by atoms with Crippen molar-refractivity contribution in [2.24, 2.45) is 0 Å². The molecule has 0 bridgehead atoms. The first-order valence-electron chi connectivity index (χ1n) is 5.40. The average molecular weight is 246 g/mol. The molecule has 1 saturated carbocycles. The number of thioether (sulfide) groups is 1. The van der Waals surface area contributed by atoms with Gasteiger partial charge < -0.3 is 15.7 Å². The molecule has 5 nitrogen and oxygen atoms in total. The van der Waals surface area contributed by atoms with Crippen LogP contribution in [0.4, 0.5) is 4.79 Å². The molecular formula is C10H18N2O3S. The molecule has 0 radical (unpaired) electrons. The van der Waals surface area contributed by atoms with Gasteiger partial charge in [-0.25, -0.2) is 9.59 Å². The highest BCUT2D eigenvalue weighted by molar-refractivity contribution is 7.99.